The third-order valence-corrected chi connectivity index (χ3v) is 6.44. The second-order valence-corrected chi connectivity index (χ2v) is 8.39. The van der Waals surface area contributed by atoms with Crippen LogP contribution in [0, 0.1) is 5.82 Å². The molecule has 5 nitrogen and oxygen atoms in total. The summed E-state index contributed by atoms with van der Waals surface area (Å²) in [6.45, 7) is 6.94. The smallest absolute Gasteiger partial charge is 0.260 e. The predicted octanol–water partition coefficient (Wildman–Crippen LogP) is 4.37. The number of rotatable bonds is 7. The zero-order chi connectivity index (χ0) is 20.9. The van der Waals surface area contributed by atoms with Gasteiger partial charge in [-0.25, -0.2) is 9.37 Å². The van der Waals surface area contributed by atoms with Crippen LogP contribution in [0.5, 0.6) is 0 Å². The summed E-state index contributed by atoms with van der Waals surface area (Å²) in [6, 6.07) is 11.9. The number of amides is 1. The lowest BCUT2D eigenvalue weighted by Crippen LogP contribution is -2.39. The molecule has 0 radical (unpaired) electrons. The molecule has 1 aromatic heterocycles. The highest BCUT2D eigenvalue weighted by Gasteiger charge is 2.22. The molecule has 1 fully saturated rings. The van der Waals surface area contributed by atoms with Gasteiger partial charge < -0.3 is 4.74 Å². The van der Waals surface area contributed by atoms with Gasteiger partial charge in [-0.3, -0.25) is 14.6 Å². The largest absolute Gasteiger partial charge is 0.379 e. The van der Waals surface area contributed by atoms with Crippen molar-refractivity contribution in [3.05, 3.63) is 59.4 Å². The fourth-order valence-electron chi connectivity index (χ4n) is 3.70. The number of aryl methyl sites for hydroxylation is 1. The van der Waals surface area contributed by atoms with Gasteiger partial charge in [-0.1, -0.05) is 30.4 Å². The van der Waals surface area contributed by atoms with E-state index in [1.165, 1.54) is 41.2 Å². The third-order valence-electron chi connectivity index (χ3n) is 5.40. The van der Waals surface area contributed by atoms with Gasteiger partial charge in [0.1, 0.15) is 5.82 Å². The molecule has 0 spiro atoms. The number of aromatic nitrogens is 1. The first-order valence-electron chi connectivity index (χ1n) is 10.4. The fraction of sp³-hybridized carbons (Fsp3) is 0.391. The van der Waals surface area contributed by atoms with Crippen molar-refractivity contribution < 1.29 is 13.9 Å². The molecule has 2 heterocycles. The number of hydrogen-bond donors (Lipinski definition) is 0. The van der Waals surface area contributed by atoms with Crippen LogP contribution < -0.4 is 4.90 Å². The summed E-state index contributed by atoms with van der Waals surface area (Å²) in [5.41, 5.74) is 2.61. The first kappa shape index (κ1) is 20.9. The maximum atomic E-state index is 13.4. The van der Waals surface area contributed by atoms with Crippen LogP contribution in [-0.4, -0.2) is 55.2 Å². The average Bonchev–Trinajstić information content (AvgIpc) is 3.21. The number of benzene rings is 2. The van der Waals surface area contributed by atoms with Crippen molar-refractivity contribution in [1.82, 2.24) is 9.88 Å². The summed E-state index contributed by atoms with van der Waals surface area (Å²) in [6.07, 6.45) is 1.73. The molecule has 1 amide bonds. The lowest BCUT2D eigenvalue weighted by Gasteiger charge is -2.27. The van der Waals surface area contributed by atoms with Gasteiger partial charge >= 0.3 is 0 Å². The van der Waals surface area contributed by atoms with Crippen molar-refractivity contribution in [2.75, 3.05) is 44.3 Å². The molecule has 1 aliphatic heterocycles. The molecule has 30 heavy (non-hydrogen) atoms. The molecule has 0 aliphatic carbocycles. The third kappa shape index (κ3) is 4.69. The topological polar surface area (TPSA) is 45.7 Å². The van der Waals surface area contributed by atoms with Crippen LogP contribution in [0.1, 0.15) is 29.3 Å². The number of carbonyl (C=O) groups excluding carboxylic acids is 1. The van der Waals surface area contributed by atoms with Crippen molar-refractivity contribution in [3.8, 4) is 0 Å². The van der Waals surface area contributed by atoms with Crippen molar-refractivity contribution in [2.24, 2.45) is 0 Å². The van der Waals surface area contributed by atoms with E-state index in [4.69, 9.17) is 9.72 Å². The van der Waals surface area contributed by atoms with Crippen molar-refractivity contribution in [1.29, 1.82) is 0 Å². The van der Waals surface area contributed by atoms with Gasteiger partial charge in [0.2, 0.25) is 0 Å². The van der Waals surface area contributed by atoms with E-state index in [0.717, 1.165) is 55.9 Å². The van der Waals surface area contributed by atoms with Crippen LogP contribution in [0.25, 0.3) is 10.2 Å². The fourth-order valence-corrected chi connectivity index (χ4v) is 4.74. The molecule has 0 atom stereocenters. The standard InChI is InChI=1S/C23H26FN3O2S/c1-2-17-5-3-6-20-21(17)25-23(30-20)27(12-4-11-26-13-15-29-16-14-26)22(28)18-7-9-19(24)10-8-18/h3,5-10H,2,4,11-16H2,1H3. The molecule has 0 unspecified atom stereocenters. The Morgan fingerprint density at radius 2 is 1.97 bits per heavy atom. The minimum absolute atomic E-state index is 0.144. The van der Waals surface area contributed by atoms with Crippen LogP contribution in [0.3, 0.4) is 0 Å². The Kier molecular flexibility index (Phi) is 6.72. The van der Waals surface area contributed by atoms with Gasteiger partial charge in [0.25, 0.3) is 5.91 Å². The van der Waals surface area contributed by atoms with Crippen molar-refractivity contribution >= 4 is 32.6 Å². The number of para-hydroxylation sites is 1. The number of ether oxygens (including phenoxy) is 1. The molecule has 3 aromatic rings. The van der Waals surface area contributed by atoms with E-state index in [1.54, 1.807) is 4.90 Å². The van der Waals surface area contributed by atoms with Crippen molar-refractivity contribution in [3.63, 3.8) is 0 Å². The van der Waals surface area contributed by atoms with Crippen LogP contribution in [0.15, 0.2) is 42.5 Å². The Balaban J connectivity index is 1.59. The van der Waals surface area contributed by atoms with Gasteiger partial charge in [-0.05, 0) is 48.7 Å². The number of carbonyl (C=O) groups is 1. The lowest BCUT2D eigenvalue weighted by atomic mass is 10.1. The second kappa shape index (κ2) is 9.64. The minimum Gasteiger partial charge on any atom is -0.379 e. The summed E-state index contributed by atoms with van der Waals surface area (Å²) in [5.74, 6) is -0.493. The monoisotopic (exact) mass is 427 g/mol. The molecular formula is C23H26FN3O2S. The quantitative estimate of drug-likeness (QED) is 0.562. The second-order valence-electron chi connectivity index (χ2n) is 7.39. The summed E-state index contributed by atoms with van der Waals surface area (Å²) < 4.78 is 19.8. The number of nitrogens with zero attached hydrogens (tertiary/aromatic N) is 3. The summed E-state index contributed by atoms with van der Waals surface area (Å²) >= 11 is 1.53. The number of hydrogen-bond acceptors (Lipinski definition) is 5. The molecular weight excluding hydrogens is 401 g/mol. The van der Waals surface area contributed by atoms with E-state index >= 15 is 0 Å². The SMILES string of the molecule is CCc1cccc2sc(N(CCCN3CCOCC3)C(=O)c3ccc(F)cc3)nc12. The van der Waals surface area contributed by atoms with E-state index in [-0.39, 0.29) is 11.7 Å². The van der Waals surface area contributed by atoms with E-state index < -0.39 is 0 Å². The van der Waals surface area contributed by atoms with Crippen LogP contribution in [-0.2, 0) is 11.2 Å². The summed E-state index contributed by atoms with van der Waals surface area (Å²) in [5, 5.41) is 0.696. The lowest BCUT2D eigenvalue weighted by molar-refractivity contribution is 0.0376. The maximum Gasteiger partial charge on any atom is 0.260 e. The Bertz CT molecular complexity index is 999. The first-order valence-corrected chi connectivity index (χ1v) is 11.2. The van der Waals surface area contributed by atoms with Crippen LogP contribution >= 0.6 is 11.3 Å². The van der Waals surface area contributed by atoms with Crippen molar-refractivity contribution in [2.45, 2.75) is 19.8 Å². The zero-order valence-electron chi connectivity index (χ0n) is 17.1. The number of halogens is 1. The maximum absolute atomic E-state index is 13.4. The number of thiazole rings is 1. The molecule has 0 saturated carbocycles. The molecule has 1 saturated heterocycles. The zero-order valence-corrected chi connectivity index (χ0v) is 18.0. The van der Waals surface area contributed by atoms with Gasteiger partial charge in [-0.2, -0.15) is 0 Å². The van der Waals surface area contributed by atoms with Crippen LogP contribution in [0.2, 0.25) is 0 Å². The Hall–Kier alpha value is -2.35. The minimum atomic E-state index is -0.349. The van der Waals surface area contributed by atoms with Gasteiger partial charge in [0.05, 0.1) is 23.4 Å². The summed E-state index contributed by atoms with van der Waals surface area (Å²) in [4.78, 5) is 22.2. The van der Waals surface area contributed by atoms with E-state index in [9.17, 15) is 9.18 Å². The van der Waals surface area contributed by atoms with E-state index in [1.807, 2.05) is 12.1 Å². The number of anilines is 1. The molecule has 4 rings (SSSR count). The number of morpholine rings is 1. The normalized spacial score (nSPS) is 14.9. The first-order chi connectivity index (χ1) is 14.7. The van der Waals surface area contributed by atoms with E-state index in [2.05, 4.69) is 17.9 Å². The highest BCUT2D eigenvalue weighted by atomic mass is 32.1. The highest BCUT2D eigenvalue weighted by molar-refractivity contribution is 7.22. The molecule has 2 aromatic carbocycles. The van der Waals surface area contributed by atoms with Crippen LogP contribution in [0.4, 0.5) is 9.52 Å². The molecule has 7 heteroatoms. The average molecular weight is 428 g/mol. The van der Waals surface area contributed by atoms with Gasteiger partial charge in [0.15, 0.2) is 5.13 Å². The molecule has 158 valence electrons. The predicted molar refractivity (Wildman–Crippen MR) is 119 cm³/mol. The Morgan fingerprint density at radius 1 is 1.20 bits per heavy atom. The molecule has 1 aliphatic rings. The van der Waals surface area contributed by atoms with Gasteiger partial charge in [0, 0.05) is 31.7 Å². The summed E-state index contributed by atoms with van der Waals surface area (Å²) in [7, 11) is 0. The molecule has 0 bridgehead atoms. The van der Waals surface area contributed by atoms with E-state index in [0.29, 0.717) is 17.2 Å². The molecule has 0 N–H and O–H groups in total. The Morgan fingerprint density at radius 3 is 2.70 bits per heavy atom. The highest BCUT2D eigenvalue weighted by Crippen LogP contribution is 2.32. The number of fused-ring (bicyclic) bond motifs is 1. The van der Waals surface area contributed by atoms with Gasteiger partial charge in [-0.15, -0.1) is 0 Å². The Labute approximate surface area is 180 Å².